The van der Waals surface area contributed by atoms with E-state index in [-0.39, 0.29) is 6.04 Å². The van der Waals surface area contributed by atoms with Crippen molar-refractivity contribution in [2.24, 2.45) is 11.8 Å². The van der Waals surface area contributed by atoms with Crippen molar-refractivity contribution in [2.45, 2.75) is 53.0 Å². The van der Waals surface area contributed by atoms with Gasteiger partial charge in [-0.1, -0.05) is 26.7 Å². The number of hydrogen-bond acceptors (Lipinski definition) is 4. The van der Waals surface area contributed by atoms with Crippen LogP contribution in [0.2, 0.25) is 0 Å². The predicted molar refractivity (Wildman–Crippen MR) is 70.3 cm³/mol. The van der Waals surface area contributed by atoms with Crippen molar-refractivity contribution in [2.75, 3.05) is 0 Å². The van der Waals surface area contributed by atoms with Crippen LogP contribution in [0.4, 0.5) is 0 Å². The molecule has 0 spiro atoms. The Balaban J connectivity index is 2.68. The van der Waals surface area contributed by atoms with Crippen LogP contribution in [0.25, 0.3) is 0 Å². The van der Waals surface area contributed by atoms with Gasteiger partial charge in [-0.25, -0.2) is 0 Å². The van der Waals surface area contributed by atoms with Crippen LogP contribution in [0.3, 0.4) is 0 Å². The Hall–Kier alpha value is -1.00. The van der Waals surface area contributed by atoms with Gasteiger partial charge in [-0.15, -0.1) is 0 Å². The summed E-state index contributed by atoms with van der Waals surface area (Å²) in [4.78, 5) is 0. The van der Waals surface area contributed by atoms with Crippen molar-refractivity contribution in [3.8, 4) is 0 Å². The number of nitrogens with one attached hydrogen (secondary N) is 1. The number of nitrogens with two attached hydrogens (primary N) is 1. The first kappa shape index (κ1) is 14.1. The molecule has 1 aromatic heterocycles. The van der Waals surface area contributed by atoms with E-state index in [4.69, 9.17) is 5.84 Å². The van der Waals surface area contributed by atoms with E-state index in [1.165, 1.54) is 18.4 Å². The first-order valence-electron chi connectivity index (χ1n) is 6.31. The third-order valence-corrected chi connectivity index (χ3v) is 2.99. The van der Waals surface area contributed by atoms with Crippen molar-refractivity contribution in [1.82, 2.24) is 15.6 Å². The Morgan fingerprint density at radius 1 is 1.24 bits per heavy atom. The molecule has 0 saturated heterocycles. The Kier molecular flexibility index (Phi) is 5.51. The standard InChI is InChI=1S/C13H24N4/c1-9(2)6-5-7-13(15-14)12-8-10(3)16-17-11(12)4/h8-9,13,15H,5-7,14H2,1-4H3. The van der Waals surface area contributed by atoms with Crippen LogP contribution in [0.5, 0.6) is 0 Å². The fourth-order valence-electron chi connectivity index (χ4n) is 1.98. The van der Waals surface area contributed by atoms with Crippen molar-refractivity contribution in [1.29, 1.82) is 0 Å². The van der Waals surface area contributed by atoms with Crippen molar-refractivity contribution >= 4 is 0 Å². The van der Waals surface area contributed by atoms with Crippen LogP contribution in [0, 0.1) is 19.8 Å². The Labute approximate surface area is 104 Å². The molecule has 0 fully saturated rings. The maximum absolute atomic E-state index is 5.64. The highest BCUT2D eigenvalue weighted by molar-refractivity contribution is 5.23. The molecule has 0 amide bonds. The number of hydrazine groups is 1. The van der Waals surface area contributed by atoms with Gasteiger partial charge in [0.2, 0.25) is 0 Å². The number of aryl methyl sites for hydroxylation is 2. The predicted octanol–water partition coefficient (Wildman–Crippen LogP) is 2.42. The SMILES string of the molecule is Cc1cc(C(CCCC(C)C)NN)c(C)nn1. The van der Waals surface area contributed by atoms with Crippen molar-refractivity contribution < 1.29 is 0 Å². The van der Waals surface area contributed by atoms with E-state index in [1.807, 2.05) is 13.8 Å². The second kappa shape index (κ2) is 6.67. The molecule has 1 atom stereocenters. The monoisotopic (exact) mass is 236 g/mol. The molecule has 4 nitrogen and oxygen atoms in total. The van der Waals surface area contributed by atoms with Crippen LogP contribution in [0.15, 0.2) is 6.07 Å². The minimum absolute atomic E-state index is 0.183. The summed E-state index contributed by atoms with van der Waals surface area (Å²) in [6.45, 7) is 8.43. The Morgan fingerprint density at radius 3 is 2.53 bits per heavy atom. The highest BCUT2D eigenvalue weighted by Gasteiger charge is 2.13. The molecule has 0 aromatic carbocycles. The number of hydrogen-bond donors (Lipinski definition) is 2. The fraction of sp³-hybridized carbons (Fsp3) is 0.692. The van der Waals surface area contributed by atoms with Gasteiger partial charge < -0.3 is 0 Å². The third kappa shape index (κ3) is 4.40. The van der Waals surface area contributed by atoms with Gasteiger partial charge in [0.25, 0.3) is 0 Å². The summed E-state index contributed by atoms with van der Waals surface area (Å²) in [5, 5.41) is 8.19. The molecule has 0 aliphatic heterocycles. The molecule has 0 aliphatic carbocycles. The maximum Gasteiger partial charge on any atom is 0.0648 e. The molecule has 17 heavy (non-hydrogen) atoms. The average molecular weight is 236 g/mol. The molecular weight excluding hydrogens is 212 g/mol. The van der Waals surface area contributed by atoms with Crippen LogP contribution in [-0.4, -0.2) is 10.2 Å². The normalized spacial score (nSPS) is 13.1. The summed E-state index contributed by atoms with van der Waals surface area (Å²) in [5.74, 6) is 6.38. The van der Waals surface area contributed by atoms with E-state index in [9.17, 15) is 0 Å². The van der Waals surface area contributed by atoms with Gasteiger partial charge in [-0.2, -0.15) is 10.2 Å². The third-order valence-electron chi connectivity index (χ3n) is 2.99. The van der Waals surface area contributed by atoms with Crippen molar-refractivity contribution in [3.05, 3.63) is 23.0 Å². The van der Waals surface area contributed by atoms with Crippen molar-refractivity contribution in [3.63, 3.8) is 0 Å². The lowest BCUT2D eigenvalue weighted by Crippen LogP contribution is -2.29. The fourth-order valence-corrected chi connectivity index (χ4v) is 1.98. The lowest BCUT2D eigenvalue weighted by molar-refractivity contribution is 0.452. The molecule has 1 rings (SSSR count). The van der Waals surface area contributed by atoms with Gasteiger partial charge in [0.1, 0.15) is 0 Å². The van der Waals surface area contributed by atoms with E-state index in [2.05, 4.69) is 35.5 Å². The highest BCUT2D eigenvalue weighted by atomic mass is 15.2. The molecule has 0 saturated carbocycles. The van der Waals surface area contributed by atoms with E-state index in [0.717, 1.165) is 23.7 Å². The van der Waals surface area contributed by atoms with Crippen LogP contribution >= 0.6 is 0 Å². The van der Waals surface area contributed by atoms with E-state index >= 15 is 0 Å². The van der Waals surface area contributed by atoms with E-state index < -0.39 is 0 Å². The molecule has 96 valence electrons. The van der Waals surface area contributed by atoms with Gasteiger partial charge in [0, 0.05) is 6.04 Å². The first-order chi connectivity index (χ1) is 8.04. The van der Waals surface area contributed by atoms with E-state index in [1.54, 1.807) is 0 Å². The molecule has 0 bridgehead atoms. The van der Waals surface area contributed by atoms with E-state index in [0.29, 0.717) is 0 Å². The second-order valence-electron chi connectivity index (χ2n) is 5.07. The largest absolute Gasteiger partial charge is 0.271 e. The van der Waals surface area contributed by atoms with Gasteiger partial charge >= 0.3 is 0 Å². The smallest absolute Gasteiger partial charge is 0.0648 e. The first-order valence-corrected chi connectivity index (χ1v) is 6.31. The lowest BCUT2D eigenvalue weighted by Gasteiger charge is -2.18. The van der Waals surface area contributed by atoms with Crippen LogP contribution in [-0.2, 0) is 0 Å². The van der Waals surface area contributed by atoms with Crippen LogP contribution in [0.1, 0.15) is 56.1 Å². The van der Waals surface area contributed by atoms with Gasteiger partial charge in [-0.3, -0.25) is 11.3 Å². The molecule has 1 aromatic rings. The highest BCUT2D eigenvalue weighted by Crippen LogP contribution is 2.22. The molecule has 3 N–H and O–H groups in total. The summed E-state index contributed by atoms with van der Waals surface area (Å²) in [6.07, 6.45) is 3.45. The topological polar surface area (TPSA) is 63.8 Å². The average Bonchev–Trinajstić information content (AvgIpc) is 2.28. The zero-order valence-electron chi connectivity index (χ0n) is 11.3. The Morgan fingerprint density at radius 2 is 1.94 bits per heavy atom. The minimum Gasteiger partial charge on any atom is -0.271 e. The van der Waals surface area contributed by atoms with Gasteiger partial charge in [-0.05, 0) is 37.8 Å². The molecule has 0 radical (unpaired) electrons. The molecule has 1 unspecified atom stereocenters. The summed E-state index contributed by atoms with van der Waals surface area (Å²) >= 11 is 0. The molecule has 0 aliphatic rings. The summed E-state index contributed by atoms with van der Waals surface area (Å²) in [6, 6.07) is 2.25. The lowest BCUT2D eigenvalue weighted by atomic mass is 9.97. The zero-order valence-corrected chi connectivity index (χ0v) is 11.3. The zero-order chi connectivity index (χ0) is 12.8. The minimum atomic E-state index is 0.183. The second-order valence-corrected chi connectivity index (χ2v) is 5.07. The number of nitrogens with zero attached hydrogens (tertiary/aromatic N) is 2. The molecule has 1 heterocycles. The quantitative estimate of drug-likeness (QED) is 0.588. The van der Waals surface area contributed by atoms with Gasteiger partial charge in [0.15, 0.2) is 0 Å². The van der Waals surface area contributed by atoms with Gasteiger partial charge in [0.05, 0.1) is 11.4 Å². The molecular formula is C13H24N4. The summed E-state index contributed by atoms with van der Waals surface area (Å²) < 4.78 is 0. The summed E-state index contributed by atoms with van der Waals surface area (Å²) in [5.41, 5.74) is 5.96. The van der Waals surface area contributed by atoms with Crippen LogP contribution < -0.4 is 11.3 Å². The maximum atomic E-state index is 5.64. The Bertz CT molecular complexity index is 349. The number of rotatable bonds is 6. The molecule has 4 heteroatoms. The summed E-state index contributed by atoms with van der Waals surface area (Å²) in [7, 11) is 0. The number of aromatic nitrogens is 2.